The number of anilines is 2. The molecule has 0 aliphatic heterocycles. The first-order valence-corrected chi connectivity index (χ1v) is 5.99. The van der Waals surface area contributed by atoms with E-state index in [1.807, 2.05) is 18.2 Å². The van der Waals surface area contributed by atoms with E-state index >= 15 is 0 Å². The van der Waals surface area contributed by atoms with Gasteiger partial charge < -0.3 is 15.8 Å². The van der Waals surface area contributed by atoms with Crippen LogP contribution in [0, 0.1) is 0 Å². The number of benzene rings is 1. The van der Waals surface area contributed by atoms with E-state index < -0.39 is 0 Å². The van der Waals surface area contributed by atoms with Crippen LogP contribution in [0.1, 0.15) is 32.1 Å². The summed E-state index contributed by atoms with van der Waals surface area (Å²) in [4.78, 5) is 0. The molecule has 1 aliphatic rings. The SMILES string of the molecule is COc1cc(N)ccc1NC1CCCCC1. The van der Waals surface area contributed by atoms with E-state index in [2.05, 4.69) is 5.32 Å². The Balaban J connectivity index is 2.07. The van der Waals surface area contributed by atoms with E-state index in [4.69, 9.17) is 10.5 Å². The van der Waals surface area contributed by atoms with Crippen LogP contribution >= 0.6 is 0 Å². The van der Waals surface area contributed by atoms with E-state index in [9.17, 15) is 0 Å². The molecule has 1 aliphatic carbocycles. The second kappa shape index (κ2) is 5.10. The van der Waals surface area contributed by atoms with Crippen molar-refractivity contribution >= 4 is 11.4 Å². The summed E-state index contributed by atoms with van der Waals surface area (Å²) in [5.41, 5.74) is 7.53. The smallest absolute Gasteiger partial charge is 0.144 e. The molecule has 3 nitrogen and oxygen atoms in total. The zero-order chi connectivity index (χ0) is 11.4. The van der Waals surface area contributed by atoms with E-state index in [0.717, 1.165) is 17.1 Å². The van der Waals surface area contributed by atoms with Crippen LogP contribution in [0.25, 0.3) is 0 Å². The highest BCUT2D eigenvalue weighted by Crippen LogP contribution is 2.29. The topological polar surface area (TPSA) is 47.3 Å². The third-order valence-corrected chi connectivity index (χ3v) is 3.19. The molecular weight excluding hydrogens is 200 g/mol. The molecule has 0 bridgehead atoms. The molecule has 3 heteroatoms. The summed E-state index contributed by atoms with van der Waals surface area (Å²) in [5.74, 6) is 0.838. The van der Waals surface area contributed by atoms with Crippen molar-refractivity contribution < 1.29 is 4.74 Å². The van der Waals surface area contributed by atoms with E-state index in [-0.39, 0.29) is 0 Å². The number of hydrogen-bond acceptors (Lipinski definition) is 3. The Morgan fingerprint density at radius 1 is 1.25 bits per heavy atom. The fourth-order valence-corrected chi connectivity index (χ4v) is 2.29. The molecule has 0 amide bonds. The van der Waals surface area contributed by atoms with Crippen molar-refractivity contribution in [1.29, 1.82) is 0 Å². The van der Waals surface area contributed by atoms with Gasteiger partial charge in [0.1, 0.15) is 5.75 Å². The highest BCUT2D eigenvalue weighted by molar-refractivity contribution is 5.62. The van der Waals surface area contributed by atoms with Crippen LogP contribution in [0.2, 0.25) is 0 Å². The van der Waals surface area contributed by atoms with E-state index in [1.54, 1.807) is 7.11 Å². The van der Waals surface area contributed by atoms with Gasteiger partial charge in [0.2, 0.25) is 0 Å². The molecular formula is C13H20N2O. The normalized spacial score (nSPS) is 17.1. The second-order valence-corrected chi connectivity index (χ2v) is 4.44. The lowest BCUT2D eigenvalue weighted by molar-refractivity contribution is 0.413. The molecule has 0 radical (unpaired) electrons. The van der Waals surface area contributed by atoms with Gasteiger partial charge in [-0.05, 0) is 25.0 Å². The zero-order valence-corrected chi connectivity index (χ0v) is 9.83. The average Bonchev–Trinajstić information content (AvgIpc) is 2.33. The monoisotopic (exact) mass is 220 g/mol. The third-order valence-electron chi connectivity index (χ3n) is 3.19. The van der Waals surface area contributed by atoms with Crippen LogP contribution < -0.4 is 15.8 Å². The molecule has 88 valence electrons. The molecule has 16 heavy (non-hydrogen) atoms. The minimum Gasteiger partial charge on any atom is -0.495 e. The molecule has 1 aromatic carbocycles. The first kappa shape index (κ1) is 11.1. The number of ether oxygens (including phenoxy) is 1. The minimum atomic E-state index is 0.589. The molecule has 3 N–H and O–H groups in total. The zero-order valence-electron chi connectivity index (χ0n) is 9.83. The van der Waals surface area contributed by atoms with Crippen molar-refractivity contribution in [1.82, 2.24) is 0 Å². The summed E-state index contributed by atoms with van der Waals surface area (Å²) in [6.07, 6.45) is 6.54. The Bertz CT molecular complexity index is 346. The minimum absolute atomic E-state index is 0.589. The Morgan fingerprint density at radius 2 is 2.00 bits per heavy atom. The Morgan fingerprint density at radius 3 is 2.69 bits per heavy atom. The fourth-order valence-electron chi connectivity index (χ4n) is 2.29. The standard InChI is InChI=1S/C13H20N2O/c1-16-13-9-10(14)7-8-12(13)15-11-5-3-2-4-6-11/h7-9,11,15H,2-6,14H2,1H3. The van der Waals surface area contributed by atoms with Crippen LogP contribution in [-0.4, -0.2) is 13.2 Å². The van der Waals surface area contributed by atoms with Crippen LogP contribution in [0.15, 0.2) is 18.2 Å². The quantitative estimate of drug-likeness (QED) is 0.770. The van der Waals surface area contributed by atoms with Crippen LogP contribution in [0.5, 0.6) is 5.75 Å². The van der Waals surface area contributed by atoms with Gasteiger partial charge in [0, 0.05) is 17.8 Å². The predicted molar refractivity (Wildman–Crippen MR) is 67.9 cm³/mol. The molecule has 1 fully saturated rings. The van der Waals surface area contributed by atoms with Crippen molar-refractivity contribution in [3.8, 4) is 5.75 Å². The first-order valence-electron chi connectivity index (χ1n) is 5.99. The number of methoxy groups -OCH3 is 1. The number of hydrogen-bond donors (Lipinski definition) is 2. The molecule has 2 rings (SSSR count). The molecule has 0 atom stereocenters. The molecule has 1 aromatic rings. The number of nitrogen functional groups attached to an aromatic ring is 1. The van der Waals surface area contributed by atoms with Crippen molar-refractivity contribution in [2.45, 2.75) is 38.1 Å². The van der Waals surface area contributed by atoms with Gasteiger partial charge >= 0.3 is 0 Å². The lowest BCUT2D eigenvalue weighted by atomic mass is 9.95. The summed E-state index contributed by atoms with van der Waals surface area (Å²) in [5, 5.41) is 3.55. The molecule has 0 heterocycles. The average molecular weight is 220 g/mol. The number of nitrogens with two attached hydrogens (primary N) is 1. The van der Waals surface area contributed by atoms with Crippen molar-refractivity contribution in [3.63, 3.8) is 0 Å². The first-order chi connectivity index (χ1) is 7.79. The van der Waals surface area contributed by atoms with Gasteiger partial charge in [-0.15, -0.1) is 0 Å². The van der Waals surface area contributed by atoms with Crippen LogP contribution in [0.4, 0.5) is 11.4 Å². The largest absolute Gasteiger partial charge is 0.495 e. The summed E-state index contributed by atoms with van der Waals surface area (Å²) in [7, 11) is 1.68. The molecule has 0 spiro atoms. The summed E-state index contributed by atoms with van der Waals surface area (Å²) in [6, 6.07) is 6.37. The highest BCUT2D eigenvalue weighted by atomic mass is 16.5. The van der Waals surface area contributed by atoms with Gasteiger partial charge in [0.25, 0.3) is 0 Å². The molecule has 0 aromatic heterocycles. The maximum absolute atomic E-state index is 5.73. The number of rotatable bonds is 3. The van der Waals surface area contributed by atoms with E-state index in [0.29, 0.717) is 6.04 Å². The second-order valence-electron chi connectivity index (χ2n) is 4.44. The number of nitrogens with one attached hydrogen (secondary N) is 1. The predicted octanol–water partition coefficient (Wildman–Crippen LogP) is 3.02. The van der Waals surface area contributed by atoms with Gasteiger partial charge in [-0.3, -0.25) is 0 Å². The van der Waals surface area contributed by atoms with Gasteiger partial charge in [0.15, 0.2) is 0 Å². The molecule has 0 saturated heterocycles. The van der Waals surface area contributed by atoms with Gasteiger partial charge in [-0.25, -0.2) is 0 Å². The van der Waals surface area contributed by atoms with Crippen molar-refractivity contribution in [2.24, 2.45) is 0 Å². The summed E-state index contributed by atoms with van der Waals surface area (Å²) < 4.78 is 5.33. The summed E-state index contributed by atoms with van der Waals surface area (Å²) in [6.45, 7) is 0. The molecule has 0 unspecified atom stereocenters. The van der Waals surface area contributed by atoms with Crippen LogP contribution in [-0.2, 0) is 0 Å². The highest BCUT2D eigenvalue weighted by Gasteiger charge is 2.14. The Hall–Kier alpha value is -1.38. The Kier molecular flexibility index (Phi) is 3.54. The van der Waals surface area contributed by atoms with E-state index in [1.165, 1.54) is 32.1 Å². The van der Waals surface area contributed by atoms with Gasteiger partial charge in [0.05, 0.1) is 12.8 Å². The lowest BCUT2D eigenvalue weighted by Gasteiger charge is -2.24. The molecule has 1 saturated carbocycles. The Labute approximate surface area is 97.0 Å². The lowest BCUT2D eigenvalue weighted by Crippen LogP contribution is -2.22. The maximum Gasteiger partial charge on any atom is 0.144 e. The van der Waals surface area contributed by atoms with Gasteiger partial charge in [-0.2, -0.15) is 0 Å². The third kappa shape index (κ3) is 2.60. The fraction of sp³-hybridized carbons (Fsp3) is 0.538. The van der Waals surface area contributed by atoms with Gasteiger partial charge in [-0.1, -0.05) is 19.3 Å². The van der Waals surface area contributed by atoms with Crippen LogP contribution in [0.3, 0.4) is 0 Å². The maximum atomic E-state index is 5.73. The van der Waals surface area contributed by atoms with Crippen molar-refractivity contribution in [3.05, 3.63) is 18.2 Å². The summed E-state index contributed by atoms with van der Waals surface area (Å²) >= 11 is 0. The van der Waals surface area contributed by atoms with Crippen molar-refractivity contribution in [2.75, 3.05) is 18.2 Å².